The lowest BCUT2D eigenvalue weighted by molar-refractivity contribution is -0.141. The fraction of sp³-hybridized carbons (Fsp3) is 0.115. The van der Waals surface area contributed by atoms with Crippen LogP contribution >= 0.6 is 23.4 Å². The van der Waals surface area contributed by atoms with Gasteiger partial charge in [-0.1, -0.05) is 29.8 Å². The number of hydrogen-bond donors (Lipinski definition) is 2. The van der Waals surface area contributed by atoms with E-state index in [0.29, 0.717) is 5.69 Å². The Hall–Kier alpha value is -3.47. The predicted molar refractivity (Wildman–Crippen MR) is 141 cm³/mol. The average Bonchev–Trinajstić information content (AvgIpc) is 3.27. The summed E-state index contributed by atoms with van der Waals surface area (Å²) in [5.74, 6) is 5.93. The molecular formula is C26H22ClF4N5S. The van der Waals surface area contributed by atoms with Crippen LogP contribution in [0.5, 0.6) is 0 Å². The largest absolute Gasteiger partial charge is 0.434 e. The second-order valence-corrected chi connectivity index (χ2v) is 9.34. The van der Waals surface area contributed by atoms with Crippen molar-refractivity contribution in [3.8, 4) is 16.8 Å². The lowest BCUT2D eigenvalue weighted by Gasteiger charge is -2.26. The number of imidazole rings is 1. The van der Waals surface area contributed by atoms with Crippen LogP contribution in [-0.4, -0.2) is 15.8 Å². The van der Waals surface area contributed by atoms with Gasteiger partial charge in [-0.15, -0.1) is 11.8 Å². The average molecular weight is 548 g/mol. The van der Waals surface area contributed by atoms with Crippen LogP contribution in [0, 0.1) is 12.7 Å². The summed E-state index contributed by atoms with van der Waals surface area (Å²) < 4.78 is 56.3. The van der Waals surface area contributed by atoms with E-state index in [9.17, 15) is 17.6 Å². The van der Waals surface area contributed by atoms with Crippen LogP contribution in [0.25, 0.3) is 22.5 Å². The summed E-state index contributed by atoms with van der Waals surface area (Å²) in [4.78, 5) is 4.70. The Bertz CT molecular complexity index is 1480. The van der Waals surface area contributed by atoms with Gasteiger partial charge in [-0.05, 0) is 66.8 Å². The zero-order chi connectivity index (χ0) is 26.9. The summed E-state index contributed by atoms with van der Waals surface area (Å²) in [6, 6.07) is 16.9. The maximum Gasteiger partial charge on any atom is 0.434 e. The standard InChI is InChI=1S/C26H22ClF4N5S/c1-15-34-25(26(29,30)31)14-35(15)22-9-6-17(16-4-3-5-19(10-16)37-2)11-23(22)36(33)24(13-32)20-8-7-18(27)12-21(20)28/h3-14H,32-33H2,1-2H3/b24-13-. The third-order valence-electron chi connectivity index (χ3n) is 5.69. The molecule has 0 amide bonds. The van der Waals surface area contributed by atoms with E-state index in [4.69, 9.17) is 23.2 Å². The number of hydrazine groups is 1. The fourth-order valence-electron chi connectivity index (χ4n) is 3.88. The van der Waals surface area contributed by atoms with Gasteiger partial charge in [-0.25, -0.2) is 15.2 Å². The highest BCUT2D eigenvalue weighted by atomic mass is 35.5. The van der Waals surface area contributed by atoms with Crippen LogP contribution < -0.4 is 16.6 Å². The van der Waals surface area contributed by atoms with E-state index in [-0.39, 0.29) is 27.8 Å². The molecule has 0 spiro atoms. The number of rotatable bonds is 6. The van der Waals surface area contributed by atoms with Crippen molar-refractivity contribution < 1.29 is 17.6 Å². The minimum absolute atomic E-state index is 0.0634. The number of nitrogens with two attached hydrogens (primary N) is 2. The van der Waals surface area contributed by atoms with Gasteiger partial charge in [0.2, 0.25) is 0 Å². The van der Waals surface area contributed by atoms with Gasteiger partial charge in [0.1, 0.15) is 11.6 Å². The molecule has 11 heteroatoms. The molecule has 0 saturated heterocycles. The van der Waals surface area contributed by atoms with Crippen LogP contribution in [0.1, 0.15) is 17.1 Å². The lowest BCUT2D eigenvalue weighted by atomic mass is 10.0. The first-order chi connectivity index (χ1) is 17.5. The number of hydrogen-bond acceptors (Lipinski definition) is 5. The molecule has 1 aromatic heterocycles. The van der Waals surface area contributed by atoms with Crippen LogP contribution in [0.3, 0.4) is 0 Å². The first-order valence-electron chi connectivity index (χ1n) is 10.9. The van der Waals surface area contributed by atoms with E-state index in [1.54, 1.807) is 30.0 Å². The second-order valence-electron chi connectivity index (χ2n) is 8.02. The Balaban J connectivity index is 1.92. The van der Waals surface area contributed by atoms with Crippen molar-refractivity contribution in [3.05, 3.63) is 101 Å². The zero-order valence-electron chi connectivity index (χ0n) is 19.7. The molecular weight excluding hydrogens is 526 g/mol. The number of anilines is 1. The van der Waals surface area contributed by atoms with Crippen molar-refractivity contribution in [1.82, 2.24) is 9.55 Å². The molecule has 37 heavy (non-hydrogen) atoms. The molecule has 0 aliphatic carbocycles. The molecule has 192 valence electrons. The number of aryl methyl sites for hydroxylation is 1. The SMILES string of the molecule is CSc1cccc(-c2ccc(-n3cc(C(F)(F)F)nc3C)c(N(N)/C(=C\N)c3ccc(Cl)cc3F)c2)c1. The summed E-state index contributed by atoms with van der Waals surface area (Å²) in [5.41, 5.74) is 7.13. The van der Waals surface area contributed by atoms with Crippen molar-refractivity contribution in [2.24, 2.45) is 11.6 Å². The fourth-order valence-corrected chi connectivity index (χ4v) is 4.50. The molecule has 0 radical (unpaired) electrons. The Morgan fingerprint density at radius 3 is 2.43 bits per heavy atom. The quantitative estimate of drug-likeness (QED) is 0.117. The number of halogens is 5. The van der Waals surface area contributed by atoms with Gasteiger partial charge in [0, 0.05) is 27.9 Å². The second kappa shape index (κ2) is 10.5. The third-order valence-corrected chi connectivity index (χ3v) is 6.66. The predicted octanol–water partition coefficient (Wildman–Crippen LogP) is 7.02. The smallest absolute Gasteiger partial charge is 0.403 e. The molecule has 0 unspecified atom stereocenters. The lowest BCUT2D eigenvalue weighted by Crippen LogP contribution is -2.31. The van der Waals surface area contributed by atoms with E-state index in [0.717, 1.165) is 39.5 Å². The topological polar surface area (TPSA) is 73.1 Å². The minimum atomic E-state index is -4.63. The Kier molecular flexibility index (Phi) is 7.54. The molecule has 5 nitrogen and oxygen atoms in total. The molecule has 1 heterocycles. The summed E-state index contributed by atoms with van der Waals surface area (Å²) >= 11 is 7.47. The maximum absolute atomic E-state index is 14.8. The van der Waals surface area contributed by atoms with Gasteiger partial charge >= 0.3 is 6.18 Å². The van der Waals surface area contributed by atoms with Crippen LogP contribution in [0.15, 0.2) is 78.0 Å². The van der Waals surface area contributed by atoms with Crippen LogP contribution in [-0.2, 0) is 6.18 Å². The molecule has 0 aliphatic heterocycles. The van der Waals surface area contributed by atoms with Crippen LogP contribution in [0.2, 0.25) is 5.02 Å². The maximum atomic E-state index is 14.8. The number of thioether (sulfide) groups is 1. The monoisotopic (exact) mass is 547 g/mol. The number of aromatic nitrogens is 2. The van der Waals surface area contributed by atoms with Crippen molar-refractivity contribution >= 4 is 34.7 Å². The number of benzene rings is 3. The molecule has 0 atom stereocenters. The number of alkyl halides is 3. The summed E-state index contributed by atoms with van der Waals surface area (Å²) in [7, 11) is 0. The van der Waals surface area contributed by atoms with Gasteiger partial charge in [0.15, 0.2) is 5.69 Å². The molecule has 4 aromatic rings. The molecule has 0 fully saturated rings. The van der Waals surface area contributed by atoms with Gasteiger partial charge in [0.05, 0.1) is 17.1 Å². The Morgan fingerprint density at radius 2 is 1.81 bits per heavy atom. The molecule has 0 bridgehead atoms. The van der Waals surface area contributed by atoms with Crippen LogP contribution in [0.4, 0.5) is 23.2 Å². The van der Waals surface area contributed by atoms with Crippen molar-refractivity contribution in [1.29, 1.82) is 0 Å². The zero-order valence-corrected chi connectivity index (χ0v) is 21.3. The van der Waals surface area contributed by atoms with Gasteiger partial charge in [-0.2, -0.15) is 13.2 Å². The van der Waals surface area contributed by atoms with Gasteiger partial charge in [-0.3, -0.25) is 5.01 Å². The summed E-state index contributed by atoms with van der Waals surface area (Å²) in [6.07, 6.45) is -0.663. The molecule has 4 rings (SSSR count). The van der Waals surface area contributed by atoms with Gasteiger partial charge < -0.3 is 10.3 Å². The van der Waals surface area contributed by atoms with E-state index in [1.807, 2.05) is 30.5 Å². The molecule has 0 aliphatic rings. The first-order valence-corrected chi connectivity index (χ1v) is 12.5. The summed E-state index contributed by atoms with van der Waals surface area (Å²) in [6.45, 7) is 1.45. The van der Waals surface area contributed by atoms with E-state index >= 15 is 0 Å². The number of nitrogens with zero attached hydrogens (tertiary/aromatic N) is 3. The molecule has 4 N–H and O–H groups in total. The van der Waals surface area contributed by atoms with Crippen molar-refractivity contribution in [2.75, 3.05) is 11.3 Å². The first kappa shape index (κ1) is 26.6. The van der Waals surface area contributed by atoms with Gasteiger partial charge in [0.25, 0.3) is 0 Å². The third kappa shape index (κ3) is 5.46. The molecule has 0 saturated carbocycles. The minimum Gasteiger partial charge on any atom is -0.403 e. The Morgan fingerprint density at radius 1 is 1.08 bits per heavy atom. The Labute approximate surface area is 220 Å². The summed E-state index contributed by atoms with van der Waals surface area (Å²) in [5, 5.41) is 1.32. The van der Waals surface area contributed by atoms with Crippen molar-refractivity contribution in [2.45, 2.75) is 18.0 Å². The van der Waals surface area contributed by atoms with E-state index in [2.05, 4.69) is 4.98 Å². The normalized spacial score (nSPS) is 12.2. The van der Waals surface area contributed by atoms with E-state index < -0.39 is 17.7 Å². The highest BCUT2D eigenvalue weighted by Crippen LogP contribution is 2.37. The highest BCUT2D eigenvalue weighted by molar-refractivity contribution is 7.98. The van der Waals surface area contributed by atoms with E-state index in [1.165, 1.54) is 23.6 Å². The van der Waals surface area contributed by atoms with Crippen molar-refractivity contribution in [3.63, 3.8) is 0 Å². The highest BCUT2D eigenvalue weighted by Gasteiger charge is 2.35. The molecule has 3 aromatic carbocycles.